The normalized spacial score (nSPS) is 12.1. The summed E-state index contributed by atoms with van der Waals surface area (Å²) in [4.78, 5) is 33.4. The maximum Gasteiger partial charge on any atom is 0.336 e. The third-order valence-corrected chi connectivity index (χ3v) is 4.81. The molecule has 0 aliphatic carbocycles. The van der Waals surface area contributed by atoms with Crippen LogP contribution in [0.15, 0.2) is 48.5 Å². The zero-order valence-corrected chi connectivity index (χ0v) is 17.0. The molecule has 0 saturated carbocycles. The molecule has 2 heterocycles. The van der Waals surface area contributed by atoms with Gasteiger partial charge in [-0.25, -0.2) is 14.8 Å². The average molecular weight is 412 g/mol. The molecule has 150 valence electrons. The summed E-state index contributed by atoms with van der Waals surface area (Å²) in [5.74, 6) is -0.382. The molecule has 0 amide bonds. The van der Waals surface area contributed by atoms with Gasteiger partial charge in [0.25, 0.3) is 0 Å². The van der Waals surface area contributed by atoms with E-state index in [-0.39, 0.29) is 11.3 Å². The van der Waals surface area contributed by atoms with Crippen molar-refractivity contribution in [3.05, 3.63) is 64.8 Å². The molecule has 0 spiro atoms. The number of benzene rings is 1. The number of nitrogens with zero attached hydrogens (tertiary/aromatic N) is 2. The lowest BCUT2D eigenvalue weighted by atomic mass is 9.93. The van der Waals surface area contributed by atoms with E-state index < -0.39 is 12.0 Å². The van der Waals surface area contributed by atoms with E-state index in [0.717, 1.165) is 5.39 Å². The van der Waals surface area contributed by atoms with Gasteiger partial charge in [0.2, 0.25) is 0 Å². The fraction of sp³-hybridized carbons (Fsp3) is 0.273. The molecule has 3 rings (SSSR count). The van der Waals surface area contributed by atoms with Gasteiger partial charge >= 0.3 is 5.97 Å². The molecule has 0 aliphatic heterocycles. The van der Waals surface area contributed by atoms with Crippen molar-refractivity contribution in [2.24, 2.45) is 5.92 Å². The second-order valence-electron chi connectivity index (χ2n) is 7.25. The fourth-order valence-electron chi connectivity index (χ4n) is 3.05. The zero-order chi connectivity index (χ0) is 21.0. The third kappa shape index (κ3) is 5.09. The number of carboxylic acids is 1. The van der Waals surface area contributed by atoms with E-state index in [9.17, 15) is 14.7 Å². The number of aromatic nitrogens is 2. The first-order valence-corrected chi connectivity index (χ1v) is 9.77. The number of Topliss-reactive ketones (excluding diaryl/α,β-unsaturated/α-hetero) is 1. The maximum atomic E-state index is 13.0. The Labute approximate surface area is 173 Å². The van der Waals surface area contributed by atoms with Gasteiger partial charge in [0, 0.05) is 11.8 Å². The van der Waals surface area contributed by atoms with Gasteiger partial charge in [0.05, 0.1) is 5.56 Å². The van der Waals surface area contributed by atoms with Crippen molar-refractivity contribution in [2.45, 2.75) is 32.7 Å². The number of carboxylic acid groups (broad SMARTS) is 1. The van der Waals surface area contributed by atoms with Gasteiger partial charge in [0.15, 0.2) is 11.4 Å². The van der Waals surface area contributed by atoms with E-state index in [1.54, 1.807) is 30.3 Å². The molecule has 0 saturated heterocycles. The van der Waals surface area contributed by atoms with Gasteiger partial charge < -0.3 is 10.4 Å². The van der Waals surface area contributed by atoms with Crippen LogP contribution in [-0.2, 0) is 4.79 Å². The predicted octanol–water partition coefficient (Wildman–Crippen LogP) is 5.14. The summed E-state index contributed by atoms with van der Waals surface area (Å²) in [5.41, 5.74) is 0.946. The monoisotopic (exact) mass is 411 g/mol. The number of halogens is 1. The minimum absolute atomic E-state index is 0.0878. The molecular weight excluding hydrogens is 390 g/mol. The number of aromatic carboxylic acids is 1. The van der Waals surface area contributed by atoms with Crippen LogP contribution in [0.1, 0.15) is 48.7 Å². The fourth-order valence-corrected chi connectivity index (χ4v) is 3.20. The molecule has 6 nitrogen and oxygen atoms in total. The Morgan fingerprint density at radius 1 is 1.07 bits per heavy atom. The van der Waals surface area contributed by atoms with Crippen molar-refractivity contribution < 1.29 is 14.7 Å². The number of rotatable bonds is 8. The smallest absolute Gasteiger partial charge is 0.336 e. The molecule has 0 aliphatic rings. The van der Waals surface area contributed by atoms with Crippen LogP contribution in [0, 0.1) is 5.92 Å². The van der Waals surface area contributed by atoms with Crippen LogP contribution in [0.3, 0.4) is 0 Å². The largest absolute Gasteiger partial charge is 0.478 e. The highest BCUT2D eigenvalue weighted by Crippen LogP contribution is 2.26. The summed E-state index contributed by atoms with van der Waals surface area (Å²) in [5, 5.41) is 13.8. The standard InChI is InChI=1S/C22H22ClN3O3/c1-13(2)7-10-17(27)20(15-5-3-4-6-16(15)22(28)29)25-19-12-9-14-8-11-18(23)24-21(14)26-19/h3-6,8-9,11-13,20H,7,10H2,1-2H3,(H,28,29)(H,24,25,26). The van der Waals surface area contributed by atoms with Gasteiger partial charge in [0.1, 0.15) is 17.0 Å². The lowest BCUT2D eigenvalue weighted by Gasteiger charge is -2.21. The topological polar surface area (TPSA) is 92.2 Å². The van der Waals surface area contributed by atoms with Gasteiger partial charge in [-0.05, 0) is 48.2 Å². The summed E-state index contributed by atoms with van der Waals surface area (Å²) in [6, 6.07) is 12.7. The van der Waals surface area contributed by atoms with Crippen LogP contribution in [0.25, 0.3) is 11.0 Å². The molecule has 29 heavy (non-hydrogen) atoms. The maximum absolute atomic E-state index is 13.0. The van der Waals surface area contributed by atoms with Crippen LogP contribution < -0.4 is 5.32 Å². The molecule has 1 unspecified atom stereocenters. The van der Waals surface area contributed by atoms with Crippen LogP contribution in [0.2, 0.25) is 5.15 Å². The van der Waals surface area contributed by atoms with Crippen LogP contribution in [0.4, 0.5) is 5.82 Å². The number of nitrogens with one attached hydrogen (secondary N) is 1. The van der Waals surface area contributed by atoms with E-state index in [4.69, 9.17) is 11.6 Å². The summed E-state index contributed by atoms with van der Waals surface area (Å²) >= 11 is 5.96. The first-order chi connectivity index (χ1) is 13.8. The molecule has 1 aromatic carbocycles. The Morgan fingerprint density at radius 2 is 1.79 bits per heavy atom. The predicted molar refractivity (Wildman–Crippen MR) is 113 cm³/mol. The Bertz CT molecular complexity index is 1050. The Morgan fingerprint density at radius 3 is 2.52 bits per heavy atom. The SMILES string of the molecule is CC(C)CCC(=O)C(Nc1ccc2ccc(Cl)nc2n1)c1ccccc1C(=O)O. The molecule has 0 bridgehead atoms. The van der Waals surface area contributed by atoms with E-state index >= 15 is 0 Å². The number of anilines is 1. The molecule has 2 aromatic heterocycles. The number of pyridine rings is 2. The van der Waals surface area contributed by atoms with Crippen molar-refractivity contribution in [3.8, 4) is 0 Å². The van der Waals surface area contributed by atoms with Crippen molar-refractivity contribution in [1.29, 1.82) is 0 Å². The number of ketones is 1. The lowest BCUT2D eigenvalue weighted by molar-refractivity contribution is -0.120. The van der Waals surface area contributed by atoms with Crippen molar-refractivity contribution >= 4 is 40.2 Å². The molecule has 0 radical (unpaired) electrons. The Hall–Kier alpha value is -2.99. The first-order valence-electron chi connectivity index (χ1n) is 9.40. The number of carbonyl (C=O) groups excluding carboxylic acids is 1. The van der Waals surface area contributed by atoms with Gasteiger partial charge in [-0.1, -0.05) is 43.6 Å². The number of fused-ring (bicyclic) bond motifs is 1. The molecule has 3 aromatic rings. The van der Waals surface area contributed by atoms with Gasteiger partial charge in [-0.2, -0.15) is 0 Å². The first kappa shape index (κ1) is 20.7. The second-order valence-corrected chi connectivity index (χ2v) is 7.63. The summed E-state index contributed by atoms with van der Waals surface area (Å²) in [6.45, 7) is 4.09. The Kier molecular flexibility index (Phi) is 6.44. The second kappa shape index (κ2) is 9.01. The number of hydrogen-bond donors (Lipinski definition) is 2. The molecule has 2 N–H and O–H groups in total. The third-order valence-electron chi connectivity index (χ3n) is 4.60. The molecule has 0 fully saturated rings. The van der Waals surface area contributed by atoms with Crippen LogP contribution in [0.5, 0.6) is 0 Å². The van der Waals surface area contributed by atoms with Crippen molar-refractivity contribution in [3.63, 3.8) is 0 Å². The molecule has 7 heteroatoms. The Balaban J connectivity index is 1.99. The average Bonchev–Trinajstić information content (AvgIpc) is 2.69. The highest BCUT2D eigenvalue weighted by molar-refractivity contribution is 6.29. The lowest BCUT2D eigenvalue weighted by Crippen LogP contribution is -2.24. The zero-order valence-electron chi connectivity index (χ0n) is 16.2. The van der Waals surface area contributed by atoms with Gasteiger partial charge in [-0.3, -0.25) is 4.79 Å². The highest BCUT2D eigenvalue weighted by atomic mass is 35.5. The minimum Gasteiger partial charge on any atom is -0.478 e. The number of carbonyl (C=O) groups is 2. The molecular formula is C22H22ClN3O3. The molecule has 1 atom stereocenters. The van der Waals surface area contributed by atoms with E-state index in [1.807, 2.05) is 26.0 Å². The summed E-state index contributed by atoms with van der Waals surface area (Å²) < 4.78 is 0. The minimum atomic E-state index is -1.08. The number of hydrogen-bond acceptors (Lipinski definition) is 5. The van der Waals surface area contributed by atoms with Crippen molar-refractivity contribution in [2.75, 3.05) is 5.32 Å². The van der Waals surface area contributed by atoms with Crippen molar-refractivity contribution in [1.82, 2.24) is 9.97 Å². The van der Waals surface area contributed by atoms with E-state index in [2.05, 4.69) is 15.3 Å². The van der Waals surface area contributed by atoms with Crippen LogP contribution in [-0.4, -0.2) is 26.8 Å². The summed E-state index contributed by atoms with van der Waals surface area (Å²) in [7, 11) is 0. The summed E-state index contributed by atoms with van der Waals surface area (Å²) in [6.07, 6.45) is 1.05. The quantitative estimate of drug-likeness (QED) is 0.498. The van der Waals surface area contributed by atoms with E-state index in [0.29, 0.717) is 40.9 Å². The van der Waals surface area contributed by atoms with E-state index in [1.165, 1.54) is 6.07 Å². The van der Waals surface area contributed by atoms with Crippen LogP contribution >= 0.6 is 11.6 Å². The van der Waals surface area contributed by atoms with Gasteiger partial charge in [-0.15, -0.1) is 0 Å². The highest BCUT2D eigenvalue weighted by Gasteiger charge is 2.25.